The molecule has 5 heteroatoms. The largest absolute Gasteiger partial charge is 0.484 e. The van der Waals surface area contributed by atoms with Gasteiger partial charge < -0.3 is 15.0 Å². The van der Waals surface area contributed by atoms with Gasteiger partial charge in [0.25, 0.3) is 5.91 Å². The molecule has 0 saturated carbocycles. The van der Waals surface area contributed by atoms with E-state index in [-0.39, 0.29) is 18.4 Å². The molecule has 0 radical (unpaired) electrons. The molecule has 2 amide bonds. The van der Waals surface area contributed by atoms with Crippen molar-refractivity contribution in [1.29, 1.82) is 0 Å². The van der Waals surface area contributed by atoms with Crippen LogP contribution in [0.4, 0.5) is 0 Å². The summed E-state index contributed by atoms with van der Waals surface area (Å²) in [4.78, 5) is 27.1. The van der Waals surface area contributed by atoms with E-state index >= 15 is 0 Å². The second-order valence-electron chi connectivity index (χ2n) is 7.80. The molecule has 30 heavy (non-hydrogen) atoms. The normalized spacial score (nSPS) is 11.8. The average molecular weight is 411 g/mol. The van der Waals surface area contributed by atoms with Crippen molar-refractivity contribution in [3.63, 3.8) is 0 Å². The Bertz CT molecular complexity index is 788. The summed E-state index contributed by atoms with van der Waals surface area (Å²) in [6.45, 7) is 9.00. The van der Waals surface area contributed by atoms with Crippen molar-refractivity contribution in [2.75, 3.05) is 19.7 Å². The monoisotopic (exact) mass is 410 g/mol. The highest BCUT2D eigenvalue weighted by Gasteiger charge is 2.25. The van der Waals surface area contributed by atoms with Crippen molar-refractivity contribution >= 4 is 11.8 Å². The third kappa shape index (κ3) is 7.21. The van der Waals surface area contributed by atoms with Gasteiger partial charge in [-0.1, -0.05) is 63.2 Å². The van der Waals surface area contributed by atoms with Gasteiger partial charge in [0.15, 0.2) is 6.61 Å². The lowest BCUT2D eigenvalue weighted by Crippen LogP contribution is -2.50. The number of ether oxygens (including phenoxy) is 1. The molecule has 0 fully saturated rings. The van der Waals surface area contributed by atoms with Crippen LogP contribution in [0, 0.1) is 0 Å². The molecule has 2 aromatic carbocycles. The quantitative estimate of drug-likeness (QED) is 0.605. The van der Waals surface area contributed by atoms with E-state index in [4.69, 9.17) is 4.74 Å². The molecule has 1 unspecified atom stereocenters. The minimum Gasteiger partial charge on any atom is -0.484 e. The Kier molecular flexibility index (Phi) is 9.39. The molecule has 1 atom stereocenters. The number of hydrogen-bond acceptors (Lipinski definition) is 3. The summed E-state index contributed by atoms with van der Waals surface area (Å²) < 4.78 is 5.72. The van der Waals surface area contributed by atoms with Crippen LogP contribution in [-0.2, 0) is 16.0 Å². The zero-order valence-corrected chi connectivity index (χ0v) is 18.6. The summed E-state index contributed by atoms with van der Waals surface area (Å²) in [5.74, 6) is 0.757. The molecule has 0 heterocycles. The first-order valence-electron chi connectivity index (χ1n) is 10.8. The first-order valence-corrected chi connectivity index (χ1v) is 10.8. The van der Waals surface area contributed by atoms with E-state index in [1.807, 2.05) is 61.5 Å². The summed E-state index contributed by atoms with van der Waals surface area (Å²) in [5, 5.41) is 2.88. The third-order valence-corrected chi connectivity index (χ3v) is 5.11. The van der Waals surface area contributed by atoms with Crippen LogP contribution in [0.25, 0.3) is 0 Å². The average Bonchev–Trinajstić information content (AvgIpc) is 2.76. The number of hydrogen-bond donors (Lipinski definition) is 1. The Hall–Kier alpha value is -2.82. The minimum atomic E-state index is -0.556. The van der Waals surface area contributed by atoms with Crippen molar-refractivity contribution in [1.82, 2.24) is 10.2 Å². The highest BCUT2D eigenvalue weighted by molar-refractivity contribution is 5.87. The van der Waals surface area contributed by atoms with Crippen LogP contribution in [0.3, 0.4) is 0 Å². The van der Waals surface area contributed by atoms with Crippen LogP contribution in [0.5, 0.6) is 5.75 Å². The number of nitrogens with one attached hydrogen (secondary N) is 1. The third-order valence-electron chi connectivity index (χ3n) is 5.11. The Labute approximate surface area is 180 Å². The molecule has 0 aliphatic carbocycles. The van der Waals surface area contributed by atoms with Gasteiger partial charge in [-0.15, -0.1) is 0 Å². The van der Waals surface area contributed by atoms with E-state index < -0.39 is 6.04 Å². The van der Waals surface area contributed by atoms with Crippen LogP contribution < -0.4 is 10.1 Å². The predicted molar refractivity (Wildman–Crippen MR) is 121 cm³/mol. The molecule has 0 aromatic heterocycles. The van der Waals surface area contributed by atoms with Crippen LogP contribution in [0.1, 0.15) is 51.2 Å². The van der Waals surface area contributed by atoms with Gasteiger partial charge in [0, 0.05) is 13.1 Å². The molecule has 162 valence electrons. The van der Waals surface area contributed by atoms with Crippen LogP contribution in [-0.4, -0.2) is 42.5 Å². The molecule has 2 aromatic rings. The van der Waals surface area contributed by atoms with Crippen molar-refractivity contribution in [3.8, 4) is 5.75 Å². The standard InChI is InChI=1S/C25H34N2O3/c1-5-16-26-25(29)20(4)27(17-15-21-9-7-6-8-10-21)24(28)18-30-23-13-11-22(12-14-23)19(2)3/h6-14,19-20H,5,15-18H2,1-4H3,(H,26,29). The zero-order valence-electron chi connectivity index (χ0n) is 18.6. The van der Waals surface area contributed by atoms with Gasteiger partial charge in [0.2, 0.25) is 5.91 Å². The molecule has 0 aliphatic rings. The van der Waals surface area contributed by atoms with E-state index in [2.05, 4.69) is 19.2 Å². The summed E-state index contributed by atoms with van der Waals surface area (Å²) in [6.07, 6.45) is 1.53. The fourth-order valence-electron chi connectivity index (χ4n) is 3.14. The molecule has 0 bridgehead atoms. The number of carbonyl (C=O) groups excluding carboxylic acids is 2. The Balaban J connectivity index is 2.03. The topological polar surface area (TPSA) is 58.6 Å². The fourth-order valence-corrected chi connectivity index (χ4v) is 3.14. The molecule has 0 aliphatic heterocycles. The summed E-state index contributed by atoms with van der Waals surface area (Å²) >= 11 is 0. The maximum absolute atomic E-state index is 13.0. The van der Waals surface area contributed by atoms with Crippen molar-refractivity contribution in [3.05, 3.63) is 65.7 Å². The molecule has 2 rings (SSSR count). The first-order chi connectivity index (χ1) is 14.4. The second kappa shape index (κ2) is 12.0. The minimum absolute atomic E-state index is 0.0960. The second-order valence-corrected chi connectivity index (χ2v) is 7.80. The molecular weight excluding hydrogens is 376 g/mol. The number of rotatable bonds is 11. The van der Waals surface area contributed by atoms with Gasteiger partial charge in [0.1, 0.15) is 11.8 Å². The van der Waals surface area contributed by atoms with Crippen molar-refractivity contribution < 1.29 is 14.3 Å². The molecule has 1 N–H and O–H groups in total. The molecule has 0 saturated heterocycles. The molecule has 0 spiro atoms. The summed E-state index contributed by atoms with van der Waals surface area (Å²) in [5.41, 5.74) is 2.35. The lowest BCUT2D eigenvalue weighted by Gasteiger charge is -2.28. The van der Waals surface area contributed by atoms with E-state index in [1.165, 1.54) is 5.56 Å². The SMILES string of the molecule is CCCNC(=O)C(C)N(CCc1ccccc1)C(=O)COc1ccc(C(C)C)cc1. The van der Waals surface area contributed by atoms with E-state index in [1.54, 1.807) is 11.8 Å². The van der Waals surface area contributed by atoms with Gasteiger partial charge in [-0.2, -0.15) is 0 Å². The summed E-state index contributed by atoms with van der Waals surface area (Å²) in [7, 11) is 0. The summed E-state index contributed by atoms with van der Waals surface area (Å²) in [6, 6.07) is 17.2. The van der Waals surface area contributed by atoms with Gasteiger partial charge in [-0.25, -0.2) is 0 Å². The smallest absolute Gasteiger partial charge is 0.261 e. The number of carbonyl (C=O) groups is 2. The van der Waals surface area contributed by atoms with Crippen LogP contribution in [0.2, 0.25) is 0 Å². The van der Waals surface area contributed by atoms with Gasteiger partial charge in [-0.3, -0.25) is 9.59 Å². The van der Waals surface area contributed by atoms with E-state index in [0.717, 1.165) is 12.0 Å². The Morgan fingerprint density at radius 3 is 2.27 bits per heavy atom. The van der Waals surface area contributed by atoms with E-state index in [9.17, 15) is 9.59 Å². The molecule has 5 nitrogen and oxygen atoms in total. The zero-order chi connectivity index (χ0) is 21.9. The highest BCUT2D eigenvalue weighted by Crippen LogP contribution is 2.18. The lowest BCUT2D eigenvalue weighted by atomic mass is 10.0. The maximum atomic E-state index is 13.0. The highest BCUT2D eigenvalue weighted by atomic mass is 16.5. The Morgan fingerprint density at radius 2 is 1.67 bits per heavy atom. The van der Waals surface area contributed by atoms with Crippen molar-refractivity contribution in [2.45, 2.75) is 52.5 Å². The van der Waals surface area contributed by atoms with Gasteiger partial charge >= 0.3 is 0 Å². The van der Waals surface area contributed by atoms with Crippen LogP contribution >= 0.6 is 0 Å². The fraction of sp³-hybridized carbons (Fsp3) is 0.440. The Morgan fingerprint density at radius 1 is 1.00 bits per heavy atom. The van der Waals surface area contributed by atoms with Crippen molar-refractivity contribution in [2.24, 2.45) is 0 Å². The maximum Gasteiger partial charge on any atom is 0.261 e. The van der Waals surface area contributed by atoms with Crippen LogP contribution in [0.15, 0.2) is 54.6 Å². The first kappa shape index (κ1) is 23.5. The number of benzene rings is 2. The number of nitrogens with zero attached hydrogens (tertiary/aromatic N) is 1. The predicted octanol–water partition coefficient (Wildman–Crippen LogP) is 4.17. The lowest BCUT2D eigenvalue weighted by molar-refractivity contribution is -0.141. The van der Waals surface area contributed by atoms with Gasteiger partial charge in [0.05, 0.1) is 0 Å². The molecular formula is C25H34N2O3. The van der Waals surface area contributed by atoms with E-state index in [0.29, 0.717) is 31.2 Å². The van der Waals surface area contributed by atoms with Gasteiger partial charge in [-0.05, 0) is 48.9 Å². The number of amides is 2.